The molecule has 10 nitrogen and oxygen atoms in total. The van der Waals surface area contributed by atoms with Crippen LogP contribution in [0.5, 0.6) is 5.75 Å². The lowest BCUT2D eigenvalue weighted by molar-refractivity contribution is -0.275. The van der Waals surface area contributed by atoms with Gasteiger partial charge < -0.3 is 19.7 Å². The number of ether oxygens (including phenoxy) is 2. The van der Waals surface area contributed by atoms with Crippen molar-refractivity contribution in [3.8, 4) is 5.75 Å². The summed E-state index contributed by atoms with van der Waals surface area (Å²) in [5.41, 5.74) is -0.0384. The van der Waals surface area contributed by atoms with Gasteiger partial charge in [0.25, 0.3) is 5.91 Å². The van der Waals surface area contributed by atoms with Crippen molar-refractivity contribution in [1.29, 1.82) is 0 Å². The van der Waals surface area contributed by atoms with Gasteiger partial charge in [0.2, 0.25) is 10.3 Å². The molecule has 1 amide bonds. The van der Waals surface area contributed by atoms with Crippen LogP contribution in [0.4, 0.5) is 33.6 Å². The first-order valence-corrected chi connectivity index (χ1v) is 11.0. The molecule has 1 saturated heterocycles. The van der Waals surface area contributed by atoms with E-state index in [-0.39, 0.29) is 16.7 Å². The van der Waals surface area contributed by atoms with E-state index in [1.165, 1.54) is 7.11 Å². The van der Waals surface area contributed by atoms with Crippen LogP contribution in [0.25, 0.3) is 0 Å². The normalized spacial score (nSPS) is 16.7. The van der Waals surface area contributed by atoms with Crippen molar-refractivity contribution in [2.45, 2.75) is 24.9 Å². The molecule has 15 heteroatoms. The highest BCUT2D eigenvalue weighted by Crippen LogP contribution is 2.31. The van der Waals surface area contributed by atoms with E-state index in [1.807, 2.05) is 12.1 Å². The smallest absolute Gasteiger partial charge is 0.403 e. The van der Waals surface area contributed by atoms with Gasteiger partial charge in [-0.15, -0.1) is 28.5 Å². The third-order valence-corrected chi connectivity index (χ3v) is 5.78. The van der Waals surface area contributed by atoms with Gasteiger partial charge in [0.1, 0.15) is 0 Å². The molecule has 0 spiro atoms. The van der Waals surface area contributed by atoms with Crippen LogP contribution in [0.2, 0.25) is 0 Å². The molecule has 1 aliphatic rings. The minimum absolute atomic E-state index is 0.0384. The van der Waals surface area contributed by atoms with Crippen LogP contribution < -0.4 is 20.3 Å². The predicted molar refractivity (Wildman–Crippen MR) is 118 cm³/mol. The number of nitrogens with zero attached hydrogens (tertiary/aromatic N) is 5. The van der Waals surface area contributed by atoms with Crippen LogP contribution in [0, 0.1) is 5.82 Å². The molecule has 3 heterocycles. The Bertz CT molecular complexity index is 1170. The number of alkyl halides is 3. The van der Waals surface area contributed by atoms with Crippen molar-refractivity contribution in [2.75, 3.05) is 35.7 Å². The quantitative estimate of drug-likeness (QED) is 0.438. The summed E-state index contributed by atoms with van der Waals surface area (Å²) in [4.78, 5) is 14.8. The molecule has 0 bridgehead atoms. The van der Waals surface area contributed by atoms with Gasteiger partial charge in [-0.1, -0.05) is 17.4 Å². The van der Waals surface area contributed by atoms with E-state index in [0.29, 0.717) is 11.7 Å². The Morgan fingerprint density at radius 2 is 2.03 bits per heavy atom. The number of hydrogen-bond acceptors (Lipinski definition) is 10. The average Bonchev–Trinajstić information content (AvgIpc) is 3.46. The number of nitrogens with one attached hydrogen (secondary N) is 2. The van der Waals surface area contributed by atoms with E-state index in [1.54, 1.807) is 6.20 Å². The van der Waals surface area contributed by atoms with Crippen molar-refractivity contribution in [1.82, 2.24) is 20.4 Å². The standard InChI is InChI=1S/C20H19F4N7O3S/c1-33-16(11-4-5-13(21)14(9-11)34-20(22,23)24)17(32)27-19-30-29-18(35-19)26-12-6-8-31(10-12)15-3-2-7-25-28-15/h2-5,7,9,12,16H,6,8,10H2,1H3,(H,26,29)(H,27,30,32)/t12-,16+/m1/s1. The fourth-order valence-corrected chi connectivity index (χ4v) is 4.23. The summed E-state index contributed by atoms with van der Waals surface area (Å²) >= 11 is 1.08. The summed E-state index contributed by atoms with van der Waals surface area (Å²) < 4.78 is 60.0. The largest absolute Gasteiger partial charge is 0.573 e. The summed E-state index contributed by atoms with van der Waals surface area (Å²) in [6.45, 7) is 1.46. The fraction of sp³-hybridized carbons (Fsp3) is 0.350. The second-order valence-electron chi connectivity index (χ2n) is 7.41. The number of carbonyl (C=O) groups excluding carboxylic acids is 1. The molecule has 0 radical (unpaired) electrons. The van der Waals surface area contributed by atoms with Crippen LogP contribution in [0.15, 0.2) is 36.5 Å². The molecular weight excluding hydrogens is 494 g/mol. The number of anilines is 3. The highest BCUT2D eigenvalue weighted by Gasteiger charge is 2.33. The molecule has 1 aliphatic heterocycles. The number of methoxy groups -OCH3 is 1. The molecule has 186 valence electrons. The fourth-order valence-electron chi connectivity index (χ4n) is 3.51. The summed E-state index contributed by atoms with van der Waals surface area (Å²) in [5.74, 6) is -2.25. The molecule has 1 fully saturated rings. The van der Waals surface area contributed by atoms with Crippen LogP contribution >= 0.6 is 11.3 Å². The molecule has 35 heavy (non-hydrogen) atoms. The van der Waals surface area contributed by atoms with E-state index in [0.717, 1.165) is 48.3 Å². The number of amides is 1. The van der Waals surface area contributed by atoms with Crippen LogP contribution in [-0.2, 0) is 9.53 Å². The number of halogens is 4. The first-order valence-electron chi connectivity index (χ1n) is 10.2. The van der Waals surface area contributed by atoms with E-state index < -0.39 is 29.9 Å². The maximum Gasteiger partial charge on any atom is 0.573 e. The minimum atomic E-state index is -5.09. The molecule has 1 aromatic carbocycles. The van der Waals surface area contributed by atoms with E-state index in [2.05, 4.69) is 40.7 Å². The molecule has 0 unspecified atom stereocenters. The number of rotatable bonds is 8. The first kappa shape index (κ1) is 24.5. The highest BCUT2D eigenvalue weighted by molar-refractivity contribution is 7.19. The van der Waals surface area contributed by atoms with Gasteiger partial charge in [0, 0.05) is 32.4 Å². The SMILES string of the molecule is CO[C@H](C(=O)Nc1nnc(N[C@@H]2CCN(c3cccnn3)C2)s1)c1ccc(F)c(OC(F)(F)F)c1. The lowest BCUT2D eigenvalue weighted by atomic mass is 10.1. The Morgan fingerprint density at radius 3 is 2.74 bits per heavy atom. The molecule has 0 saturated carbocycles. The molecule has 4 rings (SSSR count). The van der Waals surface area contributed by atoms with E-state index in [4.69, 9.17) is 4.74 Å². The molecule has 2 aromatic heterocycles. The Kier molecular flexibility index (Phi) is 7.25. The Hall–Kier alpha value is -3.59. The zero-order chi connectivity index (χ0) is 25.0. The predicted octanol–water partition coefficient (Wildman–Crippen LogP) is 3.38. The topological polar surface area (TPSA) is 114 Å². The number of benzene rings is 1. The van der Waals surface area contributed by atoms with Crippen molar-refractivity contribution in [3.63, 3.8) is 0 Å². The van der Waals surface area contributed by atoms with Crippen molar-refractivity contribution in [2.24, 2.45) is 0 Å². The number of hydrogen-bond donors (Lipinski definition) is 2. The lowest BCUT2D eigenvalue weighted by Gasteiger charge is -2.17. The Morgan fingerprint density at radius 1 is 1.23 bits per heavy atom. The van der Waals surface area contributed by atoms with Gasteiger partial charge in [-0.3, -0.25) is 10.1 Å². The highest BCUT2D eigenvalue weighted by atomic mass is 32.1. The van der Waals surface area contributed by atoms with Crippen molar-refractivity contribution < 1.29 is 31.8 Å². The molecule has 0 aliphatic carbocycles. The van der Waals surface area contributed by atoms with Crippen molar-refractivity contribution >= 4 is 33.3 Å². The molecule has 2 atom stereocenters. The third kappa shape index (κ3) is 6.30. The Balaban J connectivity index is 1.37. The second-order valence-corrected chi connectivity index (χ2v) is 8.39. The van der Waals surface area contributed by atoms with Gasteiger partial charge in [-0.2, -0.15) is 5.10 Å². The molecule has 2 N–H and O–H groups in total. The zero-order valence-electron chi connectivity index (χ0n) is 18.1. The third-order valence-electron chi connectivity index (χ3n) is 5.01. The van der Waals surface area contributed by atoms with Gasteiger partial charge in [-0.25, -0.2) is 4.39 Å². The maximum atomic E-state index is 13.7. The van der Waals surface area contributed by atoms with Gasteiger partial charge in [0.05, 0.1) is 0 Å². The maximum absolute atomic E-state index is 13.7. The summed E-state index contributed by atoms with van der Waals surface area (Å²) in [6.07, 6.45) is -4.00. The summed E-state index contributed by atoms with van der Waals surface area (Å²) in [5, 5.41) is 22.3. The summed E-state index contributed by atoms with van der Waals surface area (Å²) in [7, 11) is 1.19. The van der Waals surface area contributed by atoms with Gasteiger partial charge in [0.15, 0.2) is 23.5 Å². The van der Waals surface area contributed by atoms with E-state index >= 15 is 0 Å². The molecular formula is C20H19F4N7O3S. The minimum Gasteiger partial charge on any atom is -0.403 e. The van der Waals surface area contributed by atoms with Gasteiger partial charge >= 0.3 is 6.36 Å². The summed E-state index contributed by atoms with van der Waals surface area (Å²) in [6, 6.07) is 6.40. The molecule has 3 aromatic rings. The Labute approximate surface area is 200 Å². The van der Waals surface area contributed by atoms with Crippen LogP contribution in [0.3, 0.4) is 0 Å². The van der Waals surface area contributed by atoms with Gasteiger partial charge in [-0.05, 0) is 36.2 Å². The lowest BCUT2D eigenvalue weighted by Crippen LogP contribution is -2.26. The van der Waals surface area contributed by atoms with Crippen LogP contribution in [0.1, 0.15) is 18.1 Å². The first-order chi connectivity index (χ1) is 16.7. The van der Waals surface area contributed by atoms with Crippen molar-refractivity contribution in [3.05, 3.63) is 47.9 Å². The second kappa shape index (κ2) is 10.4. The number of carbonyl (C=O) groups is 1. The average molecular weight is 513 g/mol. The monoisotopic (exact) mass is 513 g/mol. The number of aromatic nitrogens is 4. The van der Waals surface area contributed by atoms with Crippen LogP contribution in [-0.4, -0.2) is 58.9 Å². The van der Waals surface area contributed by atoms with E-state index in [9.17, 15) is 22.4 Å². The zero-order valence-corrected chi connectivity index (χ0v) is 18.9.